The zero-order chi connectivity index (χ0) is 23.3. The van der Waals surface area contributed by atoms with Gasteiger partial charge in [0.05, 0.1) is 21.8 Å². The lowest BCUT2D eigenvalue weighted by molar-refractivity contribution is -0.132. The van der Waals surface area contributed by atoms with Crippen molar-refractivity contribution in [2.45, 2.75) is 19.9 Å². The number of rotatable bonds is 3. The average Bonchev–Trinajstić information content (AvgIpc) is 3.33. The van der Waals surface area contributed by atoms with Gasteiger partial charge in [0, 0.05) is 22.4 Å². The van der Waals surface area contributed by atoms with Gasteiger partial charge in [0.2, 0.25) is 0 Å². The first-order chi connectivity index (χ1) is 15.8. The van der Waals surface area contributed by atoms with Gasteiger partial charge < -0.3 is 5.11 Å². The molecule has 0 aliphatic carbocycles. The lowest BCUT2D eigenvalue weighted by Crippen LogP contribution is -2.29. The molecule has 1 aliphatic heterocycles. The Kier molecular flexibility index (Phi) is 5.34. The molecule has 1 atom stereocenters. The maximum Gasteiger partial charge on any atom is 0.301 e. The van der Waals surface area contributed by atoms with Crippen LogP contribution in [0, 0.1) is 13.8 Å². The quantitative estimate of drug-likeness (QED) is 0.213. The van der Waals surface area contributed by atoms with Crippen molar-refractivity contribution in [3.63, 3.8) is 0 Å². The number of pyridine rings is 1. The Morgan fingerprint density at radius 3 is 2.45 bits per heavy atom. The van der Waals surface area contributed by atoms with Crippen molar-refractivity contribution in [3.05, 3.63) is 93.2 Å². The number of halogens is 1. The van der Waals surface area contributed by atoms with Gasteiger partial charge in [-0.2, -0.15) is 0 Å². The van der Waals surface area contributed by atoms with E-state index < -0.39 is 17.7 Å². The van der Waals surface area contributed by atoms with Crippen molar-refractivity contribution in [2.24, 2.45) is 0 Å². The molecule has 1 N–H and O–H groups in total. The first-order valence-electron chi connectivity index (χ1n) is 10.2. The molecule has 2 aromatic carbocycles. The number of carbonyl (C=O) groups is 2. The maximum atomic E-state index is 13.3. The van der Waals surface area contributed by atoms with Gasteiger partial charge in [-0.1, -0.05) is 45.5 Å². The molecule has 164 valence electrons. The van der Waals surface area contributed by atoms with Crippen LogP contribution in [0.3, 0.4) is 0 Å². The molecule has 1 unspecified atom stereocenters. The molecule has 1 fully saturated rings. The number of fused-ring (bicyclic) bond motifs is 1. The van der Waals surface area contributed by atoms with Gasteiger partial charge in [-0.05, 0) is 60.9 Å². The van der Waals surface area contributed by atoms with Crippen LogP contribution in [0.15, 0.2) is 71.0 Å². The fraction of sp³-hybridized carbons (Fsp3) is 0.120. The van der Waals surface area contributed by atoms with Crippen molar-refractivity contribution < 1.29 is 14.7 Å². The van der Waals surface area contributed by atoms with Crippen LogP contribution in [-0.2, 0) is 9.59 Å². The summed E-state index contributed by atoms with van der Waals surface area (Å²) >= 11 is 4.79. The van der Waals surface area contributed by atoms with Gasteiger partial charge in [-0.25, -0.2) is 4.98 Å². The third-order valence-electron chi connectivity index (χ3n) is 5.61. The second kappa shape index (κ2) is 8.20. The molecule has 33 heavy (non-hydrogen) atoms. The van der Waals surface area contributed by atoms with Crippen molar-refractivity contribution >= 4 is 60.1 Å². The topological polar surface area (TPSA) is 83.4 Å². The van der Waals surface area contributed by atoms with Gasteiger partial charge >= 0.3 is 5.91 Å². The molecule has 2 aromatic heterocycles. The van der Waals surface area contributed by atoms with Crippen LogP contribution in [0.4, 0.5) is 5.13 Å². The van der Waals surface area contributed by atoms with E-state index in [1.807, 2.05) is 50.2 Å². The van der Waals surface area contributed by atoms with Crippen LogP contribution in [0.2, 0.25) is 0 Å². The fourth-order valence-electron chi connectivity index (χ4n) is 4.12. The Labute approximate surface area is 202 Å². The number of hydrogen-bond donors (Lipinski definition) is 1. The van der Waals surface area contributed by atoms with Crippen LogP contribution >= 0.6 is 27.3 Å². The number of aryl methyl sites for hydroxylation is 2. The average molecular weight is 520 g/mol. The van der Waals surface area contributed by atoms with Gasteiger partial charge in [0.15, 0.2) is 5.13 Å². The number of benzene rings is 2. The number of hydrogen-bond acceptors (Lipinski definition) is 6. The summed E-state index contributed by atoms with van der Waals surface area (Å²) in [5.41, 5.74) is 4.04. The highest BCUT2D eigenvalue weighted by Crippen LogP contribution is 2.44. The number of anilines is 1. The molecular formula is C25H18BrN3O3S. The normalized spacial score (nSPS) is 17.8. The second-order valence-corrected chi connectivity index (χ2v) is 9.81. The Hall–Kier alpha value is -3.36. The smallest absolute Gasteiger partial charge is 0.301 e. The second-order valence-electron chi connectivity index (χ2n) is 7.88. The number of carbonyl (C=O) groups excluding carboxylic acids is 2. The number of thiazole rings is 1. The van der Waals surface area contributed by atoms with E-state index >= 15 is 0 Å². The van der Waals surface area contributed by atoms with E-state index in [1.165, 1.54) is 28.6 Å². The van der Waals surface area contributed by atoms with Crippen LogP contribution in [0.25, 0.3) is 16.0 Å². The van der Waals surface area contributed by atoms with Crippen LogP contribution < -0.4 is 4.90 Å². The summed E-state index contributed by atoms with van der Waals surface area (Å²) in [6, 6.07) is 13.8. The number of aliphatic hydroxyl groups is 1. The minimum Gasteiger partial charge on any atom is -0.507 e. The monoisotopic (exact) mass is 519 g/mol. The lowest BCUT2D eigenvalue weighted by Gasteiger charge is -2.23. The van der Waals surface area contributed by atoms with Crippen LogP contribution in [0.1, 0.15) is 28.3 Å². The van der Waals surface area contributed by atoms with E-state index in [4.69, 9.17) is 4.98 Å². The standard InChI is InChI=1S/C25H18BrN3O3S/c1-13-11-14(2)20-18(12-13)33-25(28-20)29-21(15-3-5-17(26)6-4-15)19(23(31)24(29)32)22(30)16-7-9-27-10-8-16/h3-12,21,30H,1-2H3. The van der Waals surface area contributed by atoms with Crippen molar-refractivity contribution in [3.8, 4) is 0 Å². The number of amides is 1. The highest BCUT2D eigenvalue weighted by Gasteiger charge is 2.48. The van der Waals surface area contributed by atoms with E-state index in [0.717, 1.165) is 25.8 Å². The Balaban J connectivity index is 1.75. The summed E-state index contributed by atoms with van der Waals surface area (Å²) in [5.74, 6) is -1.70. The number of ketones is 1. The van der Waals surface area contributed by atoms with E-state index in [1.54, 1.807) is 12.1 Å². The Bertz CT molecular complexity index is 1450. The van der Waals surface area contributed by atoms with Crippen molar-refractivity contribution in [1.29, 1.82) is 0 Å². The van der Waals surface area contributed by atoms with Crippen molar-refractivity contribution in [1.82, 2.24) is 9.97 Å². The SMILES string of the molecule is Cc1cc(C)c2nc(N3C(=O)C(=O)C(=C(O)c4ccncc4)C3c3ccc(Br)cc3)sc2c1. The first kappa shape index (κ1) is 21.5. The third-order valence-corrected chi connectivity index (χ3v) is 7.14. The Morgan fingerprint density at radius 2 is 1.76 bits per heavy atom. The van der Waals surface area contributed by atoms with E-state index in [9.17, 15) is 14.7 Å². The zero-order valence-corrected chi connectivity index (χ0v) is 20.1. The zero-order valence-electron chi connectivity index (χ0n) is 17.7. The van der Waals surface area contributed by atoms with E-state index in [-0.39, 0.29) is 11.3 Å². The summed E-state index contributed by atoms with van der Waals surface area (Å²) in [7, 11) is 0. The predicted molar refractivity (Wildman–Crippen MR) is 132 cm³/mol. The minimum atomic E-state index is -0.812. The number of aliphatic hydroxyl groups excluding tert-OH is 1. The van der Waals surface area contributed by atoms with Crippen LogP contribution in [0.5, 0.6) is 0 Å². The number of Topliss-reactive ketones (excluding diaryl/α,β-unsaturated/α-hetero) is 1. The Morgan fingerprint density at radius 1 is 1.06 bits per heavy atom. The van der Waals surface area contributed by atoms with E-state index in [2.05, 4.69) is 20.9 Å². The molecule has 1 saturated heterocycles. The maximum absolute atomic E-state index is 13.3. The molecule has 5 rings (SSSR count). The van der Waals surface area contributed by atoms with Gasteiger partial charge in [-0.15, -0.1) is 0 Å². The molecule has 0 spiro atoms. The molecule has 3 heterocycles. The molecule has 6 nitrogen and oxygen atoms in total. The predicted octanol–water partition coefficient (Wildman–Crippen LogP) is 5.70. The highest BCUT2D eigenvalue weighted by atomic mass is 79.9. The minimum absolute atomic E-state index is 0.0284. The molecule has 8 heteroatoms. The highest BCUT2D eigenvalue weighted by molar-refractivity contribution is 9.10. The van der Waals surface area contributed by atoms with Crippen molar-refractivity contribution in [2.75, 3.05) is 4.90 Å². The van der Waals surface area contributed by atoms with Crippen LogP contribution in [-0.4, -0.2) is 26.8 Å². The fourth-order valence-corrected chi connectivity index (χ4v) is 5.55. The van der Waals surface area contributed by atoms with Gasteiger partial charge in [0.25, 0.3) is 5.78 Å². The first-order valence-corrected chi connectivity index (χ1v) is 11.8. The van der Waals surface area contributed by atoms with Gasteiger partial charge in [0.1, 0.15) is 5.76 Å². The largest absolute Gasteiger partial charge is 0.507 e. The summed E-state index contributed by atoms with van der Waals surface area (Å²) < 4.78 is 1.80. The summed E-state index contributed by atoms with van der Waals surface area (Å²) in [5, 5.41) is 11.5. The third kappa shape index (κ3) is 3.65. The summed E-state index contributed by atoms with van der Waals surface area (Å²) in [6.07, 6.45) is 3.05. The van der Waals surface area contributed by atoms with E-state index in [0.29, 0.717) is 16.3 Å². The molecular weight excluding hydrogens is 502 g/mol. The summed E-state index contributed by atoms with van der Waals surface area (Å²) in [6.45, 7) is 3.98. The molecule has 4 aromatic rings. The molecule has 0 bridgehead atoms. The molecule has 0 saturated carbocycles. The number of aromatic nitrogens is 2. The molecule has 0 radical (unpaired) electrons. The lowest BCUT2D eigenvalue weighted by atomic mass is 9.96. The van der Waals surface area contributed by atoms with Gasteiger partial charge in [-0.3, -0.25) is 19.5 Å². The molecule has 1 amide bonds. The summed E-state index contributed by atoms with van der Waals surface area (Å²) in [4.78, 5) is 36.6. The number of nitrogens with zero attached hydrogens (tertiary/aromatic N) is 3. The molecule has 1 aliphatic rings.